The van der Waals surface area contributed by atoms with E-state index in [0.717, 1.165) is 0 Å². The lowest BCUT2D eigenvalue weighted by atomic mass is 10.1. The highest BCUT2D eigenvalue weighted by atomic mass is 16.5. The largest absolute Gasteiger partial charge is 0.496 e. The summed E-state index contributed by atoms with van der Waals surface area (Å²) in [7, 11) is 3.87. The number of esters is 1. The van der Waals surface area contributed by atoms with E-state index in [1.807, 2.05) is 0 Å². The average molecular weight is 240 g/mol. The standard InChI is InChI=1S/C11H12O6/c1-15-8-5-7(11(14)17-3)9(16-2)4-6(8)10(12)13/h4-5H,1-3H3,(H,12,13). The second-order valence-corrected chi connectivity index (χ2v) is 3.05. The van der Waals surface area contributed by atoms with Crippen LogP contribution in [0.5, 0.6) is 11.5 Å². The summed E-state index contributed by atoms with van der Waals surface area (Å²) in [5, 5.41) is 8.95. The molecule has 0 amide bonds. The van der Waals surface area contributed by atoms with Crippen LogP contribution in [0.3, 0.4) is 0 Å². The monoisotopic (exact) mass is 240 g/mol. The van der Waals surface area contributed by atoms with Crippen LogP contribution < -0.4 is 9.47 Å². The Morgan fingerprint density at radius 3 is 1.88 bits per heavy atom. The molecule has 0 radical (unpaired) electrons. The molecule has 0 spiro atoms. The van der Waals surface area contributed by atoms with Gasteiger partial charge in [0.05, 0.1) is 21.3 Å². The van der Waals surface area contributed by atoms with Crippen LogP contribution in [0.15, 0.2) is 12.1 Å². The predicted molar refractivity (Wildman–Crippen MR) is 57.8 cm³/mol. The first-order valence-corrected chi connectivity index (χ1v) is 4.62. The molecule has 0 atom stereocenters. The molecular weight excluding hydrogens is 228 g/mol. The zero-order valence-electron chi connectivity index (χ0n) is 9.64. The molecule has 0 saturated heterocycles. The summed E-state index contributed by atoms with van der Waals surface area (Å²) in [6, 6.07) is 2.49. The minimum atomic E-state index is -1.17. The van der Waals surface area contributed by atoms with E-state index in [2.05, 4.69) is 4.74 Å². The van der Waals surface area contributed by atoms with Gasteiger partial charge in [-0.1, -0.05) is 0 Å². The molecule has 1 rings (SSSR count). The van der Waals surface area contributed by atoms with Gasteiger partial charge in [0.1, 0.15) is 22.6 Å². The van der Waals surface area contributed by atoms with Gasteiger partial charge in [0, 0.05) is 0 Å². The molecule has 0 bridgehead atoms. The lowest BCUT2D eigenvalue weighted by Crippen LogP contribution is -2.08. The molecule has 0 aliphatic carbocycles. The summed E-state index contributed by atoms with van der Waals surface area (Å²) < 4.78 is 14.4. The van der Waals surface area contributed by atoms with Crippen LogP contribution in [0.4, 0.5) is 0 Å². The lowest BCUT2D eigenvalue weighted by molar-refractivity contribution is 0.0593. The topological polar surface area (TPSA) is 82.1 Å². The fourth-order valence-corrected chi connectivity index (χ4v) is 1.33. The van der Waals surface area contributed by atoms with Crippen molar-refractivity contribution in [3.63, 3.8) is 0 Å². The Morgan fingerprint density at radius 2 is 1.47 bits per heavy atom. The van der Waals surface area contributed by atoms with Crippen molar-refractivity contribution in [2.24, 2.45) is 0 Å². The summed E-state index contributed by atoms with van der Waals surface area (Å²) in [6.07, 6.45) is 0. The number of hydrogen-bond donors (Lipinski definition) is 1. The minimum Gasteiger partial charge on any atom is -0.496 e. The van der Waals surface area contributed by atoms with Gasteiger partial charge in [0.2, 0.25) is 0 Å². The maximum absolute atomic E-state index is 11.4. The van der Waals surface area contributed by atoms with Crippen molar-refractivity contribution in [2.45, 2.75) is 0 Å². The Balaban J connectivity index is 3.43. The van der Waals surface area contributed by atoms with Gasteiger partial charge < -0.3 is 19.3 Å². The molecule has 6 nitrogen and oxygen atoms in total. The summed E-state index contributed by atoms with van der Waals surface area (Å²) in [5.41, 5.74) is 0.0221. The summed E-state index contributed by atoms with van der Waals surface area (Å²) in [6.45, 7) is 0. The number of carbonyl (C=O) groups excluding carboxylic acids is 1. The van der Waals surface area contributed by atoms with Crippen LogP contribution in [-0.2, 0) is 4.74 Å². The SMILES string of the molecule is COC(=O)c1cc(OC)c(C(=O)O)cc1OC. The van der Waals surface area contributed by atoms with E-state index in [1.165, 1.54) is 33.5 Å². The Hall–Kier alpha value is -2.24. The molecule has 0 aliphatic rings. The molecule has 0 saturated carbocycles. The van der Waals surface area contributed by atoms with Crippen molar-refractivity contribution in [3.8, 4) is 11.5 Å². The van der Waals surface area contributed by atoms with E-state index in [0.29, 0.717) is 0 Å². The van der Waals surface area contributed by atoms with Gasteiger partial charge in [0.25, 0.3) is 0 Å². The molecule has 6 heteroatoms. The number of aromatic carboxylic acids is 1. The fraction of sp³-hybridized carbons (Fsp3) is 0.273. The highest BCUT2D eigenvalue weighted by Gasteiger charge is 2.20. The summed E-state index contributed by atoms with van der Waals surface area (Å²) in [5.74, 6) is -1.61. The van der Waals surface area contributed by atoms with Gasteiger partial charge in [0.15, 0.2) is 0 Å². The van der Waals surface area contributed by atoms with Crippen LogP contribution >= 0.6 is 0 Å². The Kier molecular flexibility index (Phi) is 3.92. The first-order chi connectivity index (χ1) is 8.04. The van der Waals surface area contributed by atoms with E-state index in [9.17, 15) is 9.59 Å². The normalized spacial score (nSPS) is 9.59. The van der Waals surface area contributed by atoms with Crippen molar-refractivity contribution in [2.75, 3.05) is 21.3 Å². The number of carboxylic acids is 1. The van der Waals surface area contributed by atoms with Crippen molar-refractivity contribution in [1.82, 2.24) is 0 Å². The second kappa shape index (κ2) is 5.20. The van der Waals surface area contributed by atoms with Crippen LogP contribution in [0.2, 0.25) is 0 Å². The third kappa shape index (κ3) is 2.47. The van der Waals surface area contributed by atoms with Gasteiger partial charge in [-0.15, -0.1) is 0 Å². The maximum Gasteiger partial charge on any atom is 0.341 e. The highest BCUT2D eigenvalue weighted by molar-refractivity contribution is 5.97. The Labute approximate surface area is 97.7 Å². The number of benzene rings is 1. The zero-order valence-corrected chi connectivity index (χ0v) is 9.64. The summed E-state index contributed by atoms with van der Waals surface area (Å²) in [4.78, 5) is 22.4. The quantitative estimate of drug-likeness (QED) is 0.796. The first-order valence-electron chi connectivity index (χ1n) is 4.62. The number of carbonyl (C=O) groups is 2. The lowest BCUT2D eigenvalue weighted by Gasteiger charge is -2.11. The highest BCUT2D eigenvalue weighted by Crippen LogP contribution is 2.29. The number of methoxy groups -OCH3 is 3. The fourth-order valence-electron chi connectivity index (χ4n) is 1.33. The van der Waals surface area contributed by atoms with E-state index < -0.39 is 11.9 Å². The van der Waals surface area contributed by atoms with Crippen LogP contribution in [0.25, 0.3) is 0 Å². The molecule has 1 aromatic rings. The predicted octanol–water partition coefficient (Wildman–Crippen LogP) is 1.19. The third-order valence-corrected chi connectivity index (χ3v) is 2.16. The van der Waals surface area contributed by atoms with Crippen molar-refractivity contribution in [1.29, 1.82) is 0 Å². The molecule has 0 aliphatic heterocycles. The Bertz CT molecular complexity index is 452. The maximum atomic E-state index is 11.4. The van der Waals surface area contributed by atoms with Gasteiger partial charge in [-0.3, -0.25) is 0 Å². The molecular formula is C11H12O6. The molecule has 1 N–H and O–H groups in total. The van der Waals surface area contributed by atoms with Crippen LogP contribution in [0, 0.1) is 0 Å². The Morgan fingerprint density at radius 1 is 1.00 bits per heavy atom. The van der Waals surface area contributed by atoms with E-state index >= 15 is 0 Å². The van der Waals surface area contributed by atoms with E-state index in [-0.39, 0.29) is 22.6 Å². The van der Waals surface area contributed by atoms with Gasteiger partial charge in [-0.05, 0) is 12.1 Å². The number of rotatable bonds is 4. The van der Waals surface area contributed by atoms with E-state index in [1.54, 1.807) is 0 Å². The van der Waals surface area contributed by atoms with Gasteiger partial charge >= 0.3 is 11.9 Å². The molecule has 0 fully saturated rings. The average Bonchev–Trinajstić information content (AvgIpc) is 2.35. The van der Waals surface area contributed by atoms with Crippen molar-refractivity contribution in [3.05, 3.63) is 23.3 Å². The van der Waals surface area contributed by atoms with Gasteiger partial charge in [-0.25, -0.2) is 9.59 Å². The van der Waals surface area contributed by atoms with Crippen LogP contribution in [0.1, 0.15) is 20.7 Å². The first kappa shape index (κ1) is 12.8. The van der Waals surface area contributed by atoms with Crippen molar-refractivity contribution < 1.29 is 28.9 Å². The minimum absolute atomic E-state index is 0.0682. The molecule has 0 aromatic heterocycles. The zero-order chi connectivity index (χ0) is 13.0. The molecule has 92 valence electrons. The van der Waals surface area contributed by atoms with Crippen LogP contribution in [-0.4, -0.2) is 38.4 Å². The number of carboxylic acid groups (broad SMARTS) is 1. The number of ether oxygens (including phenoxy) is 3. The summed E-state index contributed by atoms with van der Waals surface area (Å²) >= 11 is 0. The van der Waals surface area contributed by atoms with Gasteiger partial charge in [-0.2, -0.15) is 0 Å². The number of hydrogen-bond acceptors (Lipinski definition) is 5. The van der Waals surface area contributed by atoms with E-state index in [4.69, 9.17) is 14.6 Å². The molecule has 0 unspecified atom stereocenters. The molecule has 1 aromatic carbocycles. The van der Waals surface area contributed by atoms with Crippen molar-refractivity contribution >= 4 is 11.9 Å². The molecule has 17 heavy (non-hydrogen) atoms. The molecule has 0 heterocycles. The smallest absolute Gasteiger partial charge is 0.341 e. The third-order valence-electron chi connectivity index (χ3n) is 2.16. The second-order valence-electron chi connectivity index (χ2n) is 3.05.